The number of benzene rings is 1. The first-order chi connectivity index (χ1) is 9.06. The molecule has 1 aromatic heterocycles. The van der Waals surface area contributed by atoms with E-state index in [1.165, 1.54) is 31.7 Å². The van der Waals surface area contributed by atoms with E-state index in [2.05, 4.69) is 48.8 Å². The van der Waals surface area contributed by atoms with Crippen LogP contribution >= 0.6 is 27.3 Å². The van der Waals surface area contributed by atoms with Gasteiger partial charge in [-0.3, -0.25) is 0 Å². The number of nitrogens with zero attached hydrogens (tertiary/aromatic N) is 1. The zero-order valence-corrected chi connectivity index (χ0v) is 14.0. The molecular formula is C15H19BrN2S. The first kappa shape index (κ1) is 14.7. The smallest absolute Gasteiger partial charge is 0.123 e. The van der Waals surface area contributed by atoms with Crippen LogP contribution in [0.1, 0.15) is 35.0 Å². The molecule has 0 amide bonds. The minimum Gasteiger partial charge on any atom is -0.326 e. The molecular weight excluding hydrogens is 320 g/mol. The summed E-state index contributed by atoms with van der Waals surface area (Å²) in [5, 5.41) is 1.09. The van der Waals surface area contributed by atoms with Gasteiger partial charge in [-0.1, -0.05) is 29.3 Å². The molecule has 2 rings (SSSR count). The van der Waals surface area contributed by atoms with Gasteiger partial charge in [0.2, 0.25) is 0 Å². The standard InChI is InChI=1S/C15H19BrN2S/c1-4-5-12-13(8-17)19-15(18-12)11-6-9(2)14(16)10(3)7-11/h6-7H,4-5,8,17H2,1-3H3. The molecule has 0 aliphatic carbocycles. The number of aromatic nitrogens is 1. The van der Waals surface area contributed by atoms with Gasteiger partial charge in [-0.2, -0.15) is 0 Å². The molecule has 0 unspecified atom stereocenters. The third kappa shape index (κ3) is 3.07. The molecule has 0 bridgehead atoms. The Bertz CT molecular complexity index is 567. The molecule has 0 aliphatic rings. The van der Waals surface area contributed by atoms with Crippen LogP contribution in [-0.4, -0.2) is 4.98 Å². The minimum absolute atomic E-state index is 0.585. The Kier molecular flexibility index (Phi) is 4.76. The van der Waals surface area contributed by atoms with Gasteiger partial charge in [-0.05, 0) is 43.5 Å². The summed E-state index contributed by atoms with van der Waals surface area (Å²) < 4.78 is 1.18. The highest BCUT2D eigenvalue weighted by Crippen LogP contribution is 2.32. The predicted octanol–water partition coefficient (Wildman–Crippen LogP) is 4.60. The third-order valence-electron chi connectivity index (χ3n) is 3.13. The van der Waals surface area contributed by atoms with E-state index in [-0.39, 0.29) is 0 Å². The normalized spacial score (nSPS) is 11.0. The maximum absolute atomic E-state index is 5.82. The second kappa shape index (κ2) is 6.16. The van der Waals surface area contributed by atoms with Crippen LogP contribution in [0, 0.1) is 13.8 Å². The maximum atomic E-state index is 5.82. The summed E-state index contributed by atoms with van der Waals surface area (Å²) >= 11 is 5.33. The third-order valence-corrected chi connectivity index (χ3v) is 5.55. The van der Waals surface area contributed by atoms with Crippen LogP contribution in [0.4, 0.5) is 0 Å². The molecule has 4 heteroatoms. The Morgan fingerprint density at radius 2 is 1.89 bits per heavy atom. The van der Waals surface area contributed by atoms with Crippen LogP contribution in [0.3, 0.4) is 0 Å². The van der Waals surface area contributed by atoms with Gasteiger partial charge in [0.25, 0.3) is 0 Å². The van der Waals surface area contributed by atoms with E-state index >= 15 is 0 Å². The summed E-state index contributed by atoms with van der Waals surface area (Å²) in [6, 6.07) is 4.37. The van der Waals surface area contributed by atoms with Gasteiger partial charge in [0.15, 0.2) is 0 Å². The summed E-state index contributed by atoms with van der Waals surface area (Å²) in [5.41, 5.74) is 10.7. The number of rotatable bonds is 4. The number of aryl methyl sites for hydroxylation is 3. The van der Waals surface area contributed by atoms with E-state index in [4.69, 9.17) is 10.7 Å². The van der Waals surface area contributed by atoms with Gasteiger partial charge in [-0.15, -0.1) is 11.3 Å². The fourth-order valence-electron chi connectivity index (χ4n) is 2.17. The average molecular weight is 339 g/mol. The average Bonchev–Trinajstić information content (AvgIpc) is 2.79. The van der Waals surface area contributed by atoms with Gasteiger partial charge in [-0.25, -0.2) is 4.98 Å². The van der Waals surface area contributed by atoms with Crippen LogP contribution in [-0.2, 0) is 13.0 Å². The lowest BCUT2D eigenvalue weighted by atomic mass is 10.1. The number of hydrogen-bond acceptors (Lipinski definition) is 3. The molecule has 0 spiro atoms. The van der Waals surface area contributed by atoms with Crippen molar-refractivity contribution in [3.8, 4) is 10.6 Å². The van der Waals surface area contributed by atoms with Crippen molar-refractivity contribution in [1.82, 2.24) is 4.98 Å². The molecule has 0 atom stereocenters. The number of hydrogen-bond donors (Lipinski definition) is 1. The van der Waals surface area contributed by atoms with Crippen molar-refractivity contribution < 1.29 is 0 Å². The van der Waals surface area contributed by atoms with Gasteiger partial charge in [0, 0.05) is 21.5 Å². The summed E-state index contributed by atoms with van der Waals surface area (Å²) in [6.07, 6.45) is 2.12. The zero-order valence-electron chi connectivity index (χ0n) is 11.6. The van der Waals surface area contributed by atoms with Crippen molar-refractivity contribution >= 4 is 27.3 Å². The highest BCUT2D eigenvalue weighted by atomic mass is 79.9. The highest BCUT2D eigenvalue weighted by Gasteiger charge is 2.12. The molecule has 2 nitrogen and oxygen atoms in total. The van der Waals surface area contributed by atoms with Crippen molar-refractivity contribution in [2.75, 3.05) is 0 Å². The Hall–Kier alpha value is -0.710. The van der Waals surface area contributed by atoms with Gasteiger partial charge in [0.05, 0.1) is 5.69 Å². The van der Waals surface area contributed by atoms with Crippen LogP contribution in [0.15, 0.2) is 16.6 Å². The SMILES string of the molecule is CCCc1nc(-c2cc(C)c(Br)c(C)c2)sc1CN. The molecule has 1 aromatic carbocycles. The van der Waals surface area contributed by atoms with E-state index in [1.54, 1.807) is 11.3 Å². The molecule has 0 saturated carbocycles. The summed E-state index contributed by atoms with van der Waals surface area (Å²) in [7, 11) is 0. The van der Waals surface area contributed by atoms with Crippen molar-refractivity contribution in [3.05, 3.63) is 38.3 Å². The summed E-state index contributed by atoms with van der Waals surface area (Å²) in [4.78, 5) is 5.99. The van der Waals surface area contributed by atoms with Crippen molar-refractivity contribution in [2.45, 2.75) is 40.2 Å². The highest BCUT2D eigenvalue weighted by molar-refractivity contribution is 9.10. The van der Waals surface area contributed by atoms with Crippen molar-refractivity contribution in [2.24, 2.45) is 5.73 Å². The second-order valence-corrected chi connectivity index (χ2v) is 6.64. The van der Waals surface area contributed by atoms with Crippen molar-refractivity contribution in [1.29, 1.82) is 0 Å². The molecule has 0 radical (unpaired) electrons. The molecule has 102 valence electrons. The van der Waals surface area contributed by atoms with Crippen LogP contribution < -0.4 is 5.73 Å². The van der Waals surface area contributed by atoms with E-state index in [0.717, 1.165) is 17.8 Å². The number of halogens is 1. The Balaban J connectivity index is 2.47. The van der Waals surface area contributed by atoms with Crippen LogP contribution in [0.25, 0.3) is 10.6 Å². The lowest BCUT2D eigenvalue weighted by Crippen LogP contribution is -1.97. The van der Waals surface area contributed by atoms with Gasteiger partial charge >= 0.3 is 0 Å². The Morgan fingerprint density at radius 3 is 2.42 bits per heavy atom. The molecule has 0 aliphatic heterocycles. The van der Waals surface area contributed by atoms with Gasteiger partial charge < -0.3 is 5.73 Å². The van der Waals surface area contributed by atoms with Crippen molar-refractivity contribution in [3.63, 3.8) is 0 Å². The predicted molar refractivity (Wildman–Crippen MR) is 86.6 cm³/mol. The maximum Gasteiger partial charge on any atom is 0.123 e. The fourth-order valence-corrected chi connectivity index (χ4v) is 3.37. The molecule has 1 heterocycles. The first-order valence-corrected chi connectivity index (χ1v) is 8.13. The molecule has 2 N–H and O–H groups in total. The van der Waals surface area contributed by atoms with E-state index < -0.39 is 0 Å². The molecule has 0 fully saturated rings. The largest absolute Gasteiger partial charge is 0.326 e. The van der Waals surface area contributed by atoms with Crippen LogP contribution in [0.5, 0.6) is 0 Å². The summed E-state index contributed by atoms with van der Waals surface area (Å²) in [5.74, 6) is 0. The lowest BCUT2D eigenvalue weighted by Gasteiger charge is -2.05. The Morgan fingerprint density at radius 1 is 1.26 bits per heavy atom. The van der Waals surface area contributed by atoms with Gasteiger partial charge in [0.1, 0.15) is 5.01 Å². The molecule has 19 heavy (non-hydrogen) atoms. The van der Waals surface area contributed by atoms with Crippen LogP contribution in [0.2, 0.25) is 0 Å². The Labute approximate surface area is 127 Å². The second-order valence-electron chi connectivity index (χ2n) is 4.77. The minimum atomic E-state index is 0.585. The number of thiazole rings is 1. The lowest BCUT2D eigenvalue weighted by molar-refractivity contribution is 0.872. The number of nitrogens with two attached hydrogens (primary N) is 1. The topological polar surface area (TPSA) is 38.9 Å². The monoisotopic (exact) mass is 338 g/mol. The van der Waals surface area contributed by atoms with E-state index in [0.29, 0.717) is 6.54 Å². The first-order valence-electron chi connectivity index (χ1n) is 6.52. The zero-order chi connectivity index (χ0) is 14.0. The van der Waals surface area contributed by atoms with E-state index in [1.807, 2.05) is 0 Å². The summed E-state index contributed by atoms with van der Waals surface area (Å²) in [6.45, 7) is 6.99. The molecule has 0 saturated heterocycles. The molecule has 2 aromatic rings. The quantitative estimate of drug-likeness (QED) is 0.884. The van der Waals surface area contributed by atoms with E-state index in [9.17, 15) is 0 Å². The fraction of sp³-hybridized carbons (Fsp3) is 0.400.